The number of rotatable bonds is 5. The first-order valence-corrected chi connectivity index (χ1v) is 5.92. The Morgan fingerprint density at radius 2 is 2.29 bits per heavy atom. The lowest BCUT2D eigenvalue weighted by Crippen LogP contribution is -2.40. The SMILES string of the molecule is CCCC(CN)NC(=O)c1cccc(F)c1Cl. The van der Waals surface area contributed by atoms with Crippen molar-refractivity contribution in [3.8, 4) is 0 Å². The molecule has 0 aromatic heterocycles. The van der Waals surface area contributed by atoms with E-state index in [0.717, 1.165) is 12.8 Å². The number of nitrogens with one attached hydrogen (secondary N) is 1. The molecule has 0 aliphatic carbocycles. The van der Waals surface area contributed by atoms with Crippen LogP contribution in [0.5, 0.6) is 0 Å². The van der Waals surface area contributed by atoms with Crippen LogP contribution in [-0.4, -0.2) is 18.5 Å². The second-order valence-corrected chi connectivity index (χ2v) is 4.17. The second-order valence-electron chi connectivity index (χ2n) is 3.80. The Hall–Kier alpha value is -1.13. The van der Waals surface area contributed by atoms with Gasteiger partial charge in [0.15, 0.2) is 0 Å². The van der Waals surface area contributed by atoms with Crippen LogP contribution >= 0.6 is 11.6 Å². The average Bonchev–Trinajstić information content (AvgIpc) is 2.31. The van der Waals surface area contributed by atoms with Crippen molar-refractivity contribution in [2.24, 2.45) is 5.73 Å². The first kappa shape index (κ1) is 13.9. The second kappa shape index (κ2) is 6.57. The fourth-order valence-corrected chi connectivity index (χ4v) is 1.75. The summed E-state index contributed by atoms with van der Waals surface area (Å²) >= 11 is 5.72. The van der Waals surface area contributed by atoms with Gasteiger partial charge in [-0.05, 0) is 18.6 Å². The molecular formula is C12H16ClFN2O. The molecule has 1 atom stereocenters. The zero-order valence-corrected chi connectivity index (χ0v) is 10.4. The quantitative estimate of drug-likeness (QED) is 0.852. The highest BCUT2D eigenvalue weighted by atomic mass is 35.5. The van der Waals surface area contributed by atoms with E-state index in [0.29, 0.717) is 6.54 Å². The fraction of sp³-hybridized carbons (Fsp3) is 0.417. The minimum absolute atomic E-state index is 0.105. The largest absolute Gasteiger partial charge is 0.348 e. The van der Waals surface area contributed by atoms with E-state index in [1.165, 1.54) is 18.2 Å². The van der Waals surface area contributed by atoms with E-state index in [1.54, 1.807) is 0 Å². The van der Waals surface area contributed by atoms with Crippen LogP contribution in [0.15, 0.2) is 18.2 Å². The third-order valence-electron chi connectivity index (χ3n) is 2.45. The summed E-state index contributed by atoms with van der Waals surface area (Å²) in [4.78, 5) is 11.8. The van der Waals surface area contributed by atoms with Gasteiger partial charge < -0.3 is 11.1 Å². The third kappa shape index (κ3) is 3.68. The van der Waals surface area contributed by atoms with Gasteiger partial charge in [-0.3, -0.25) is 4.79 Å². The Bertz CT molecular complexity index is 398. The van der Waals surface area contributed by atoms with Crippen LogP contribution in [0.2, 0.25) is 5.02 Å². The maximum Gasteiger partial charge on any atom is 0.253 e. The zero-order valence-electron chi connectivity index (χ0n) is 9.67. The van der Waals surface area contributed by atoms with Crippen LogP contribution in [0.25, 0.3) is 0 Å². The van der Waals surface area contributed by atoms with Crippen molar-refractivity contribution in [3.63, 3.8) is 0 Å². The average molecular weight is 259 g/mol. The molecule has 1 unspecified atom stereocenters. The zero-order chi connectivity index (χ0) is 12.8. The molecular weight excluding hydrogens is 243 g/mol. The van der Waals surface area contributed by atoms with Crippen LogP contribution in [0.4, 0.5) is 4.39 Å². The monoisotopic (exact) mass is 258 g/mol. The number of halogens is 2. The molecule has 1 aromatic carbocycles. The van der Waals surface area contributed by atoms with E-state index in [4.69, 9.17) is 17.3 Å². The normalized spacial score (nSPS) is 12.2. The lowest BCUT2D eigenvalue weighted by molar-refractivity contribution is 0.0936. The number of benzene rings is 1. The van der Waals surface area contributed by atoms with E-state index in [2.05, 4.69) is 5.32 Å². The molecule has 0 aliphatic rings. The fourth-order valence-electron chi connectivity index (χ4n) is 1.54. The number of nitrogens with two attached hydrogens (primary N) is 1. The Balaban J connectivity index is 2.79. The minimum atomic E-state index is -0.598. The van der Waals surface area contributed by atoms with Gasteiger partial charge in [0.25, 0.3) is 5.91 Å². The smallest absolute Gasteiger partial charge is 0.253 e. The summed E-state index contributed by atoms with van der Waals surface area (Å²) in [6.45, 7) is 2.36. The molecule has 0 saturated heterocycles. The van der Waals surface area contributed by atoms with Gasteiger partial charge in [-0.15, -0.1) is 0 Å². The van der Waals surface area contributed by atoms with Crippen molar-refractivity contribution >= 4 is 17.5 Å². The molecule has 0 bridgehead atoms. The molecule has 17 heavy (non-hydrogen) atoms. The summed E-state index contributed by atoms with van der Waals surface area (Å²) in [7, 11) is 0. The van der Waals surface area contributed by atoms with Gasteiger partial charge in [0.2, 0.25) is 0 Å². The molecule has 94 valence electrons. The molecule has 0 aliphatic heterocycles. The number of hydrogen-bond acceptors (Lipinski definition) is 2. The summed E-state index contributed by atoms with van der Waals surface area (Å²) in [6, 6.07) is 4.05. The van der Waals surface area contributed by atoms with Crippen LogP contribution < -0.4 is 11.1 Å². The molecule has 0 heterocycles. The molecule has 3 N–H and O–H groups in total. The lowest BCUT2D eigenvalue weighted by atomic mass is 10.1. The predicted molar refractivity (Wildman–Crippen MR) is 66.6 cm³/mol. The highest BCUT2D eigenvalue weighted by Crippen LogP contribution is 2.19. The molecule has 3 nitrogen and oxygen atoms in total. The van der Waals surface area contributed by atoms with Crippen molar-refractivity contribution in [2.45, 2.75) is 25.8 Å². The van der Waals surface area contributed by atoms with Gasteiger partial charge in [-0.1, -0.05) is 31.0 Å². The molecule has 1 rings (SSSR count). The van der Waals surface area contributed by atoms with E-state index in [-0.39, 0.29) is 16.6 Å². The molecule has 0 saturated carbocycles. The van der Waals surface area contributed by atoms with E-state index in [1.807, 2.05) is 6.92 Å². The van der Waals surface area contributed by atoms with Gasteiger partial charge in [-0.25, -0.2) is 4.39 Å². The standard InChI is InChI=1S/C12H16ClFN2O/c1-2-4-8(7-15)16-12(17)9-5-3-6-10(14)11(9)13/h3,5-6,8H,2,4,7,15H2,1H3,(H,16,17). The Morgan fingerprint density at radius 3 is 2.88 bits per heavy atom. The van der Waals surface area contributed by atoms with Crippen molar-refractivity contribution < 1.29 is 9.18 Å². The maximum atomic E-state index is 13.2. The van der Waals surface area contributed by atoms with E-state index < -0.39 is 11.7 Å². The van der Waals surface area contributed by atoms with Gasteiger partial charge in [0.05, 0.1) is 10.6 Å². The van der Waals surface area contributed by atoms with Gasteiger partial charge in [-0.2, -0.15) is 0 Å². The first-order chi connectivity index (χ1) is 8.10. The van der Waals surface area contributed by atoms with Crippen LogP contribution in [-0.2, 0) is 0 Å². The number of carbonyl (C=O) groups excluding carboxylic acids is 1. The molecule has 1 aromatic rings. The van der Waals surface area contributed by atoms with Gasteiger partial charge in [0.1, 0.15) is 5.82 Å². The summed E-state index contributed by atoms with van der Waals surface area (Å²) < 4.78 is 13.2. The topological polar surface area (TPSA) is 55.1 Å². The summed E-state index contributed by atoms with van der Waals surface area (Å²) in [5.41, 5.74) is 5.67. The highest BCUT2D eigenvalue weighted by Gasteiger charge is 2.16. The van der Waals surface area contributed by atoms with E-state index in [9.17, 15) is 9.18 Å². The van der Waals surface area contributed by atoms with E-state index >= 15 is 0 Å². The molecule has 0 fully saturated rings. The minimum Gasteiger partial charge on any atom is -0.348 e. The summed E-state index contributed by atoms with van der Waals surface area (Å²) in [6.07, 6.45) is 1.70. The lowest BCUT2D eigenvalue weighted by Gasteiger charge is -2.16. The number of carbonyl (C=O) groups is 1. The first-order valence-electron chi connectivity index (χ1n) is 5.55. The van der Waals surface area contributed by atoms with Crippen molar-refractivity contribution in [2.75, 3.05) is 6.54 Å². The molecule has 0 spiro atoms. The number of hydrogen-bond donors (Lipinski definition) is 2. The molecule has 0 radical (unpaired) electrons. The summed E-state index contributed by atoms with van der Waals surface area (Å²) in [5, 5.41) is 2.58. The molecule has 5 heteroatoms. The molecule has 1 amide bonds. The number of amides is 1. The Labute approximate surface area is 105 Å². The van der Waals surface area contributed by atoms with Crippen molar-refractivity contribution in [3.05, 3.63) is 34.6 Å². The van der Waals surface area contributed by atoms with Crippen molar-refractivity contribution in [1.82, 2.24) is 5.32 Å². The van der Waals surface area contributed by atoms with Gasteiger partial charge >= 0.3 is 0 Å². The van der Waals surface area contributed by atoms with Crippen LogP contribution in [0.3, 0.4) is 0 Å². The highest BCUT2D eigenvalue weighted by molar-refractivity contribution is 6.34. The maximum absolute atomic E-state index is 13.2. The summed E-state index contributed by atoms with van der Waals surface area (Å²) in [5.74, 6) is -0.988. The van der Waals surface area contributed by atoms with Crippen molar-refractivity contribution in [1.29, 1.82) is 0 Å². The predicted octanol–water partition coefficient (Wildman–Crippen LogP) is 2.34. The Morgan fingerprint density at radius 1 is 1.59 bits per heavy atom. The van der Waals surface area contributed by atoms with Gasteiger partial charge in [0, 0.05) is 12.6 Å². The van der Waals surface area contributed by atoms with Crippen LogP contribution in [0.1, 0.15) is 30.1 Å². The Kier molecular flexibility index (Phi) is 5.38. The third-order valence-corrected chi connectivity index (χ3v) is 2.84. The van der Waals surface area contributed by atoms with Crippen LogP contribution in [0, 0.1) is 5.82 Å².